The van der Waals surface area contributed by atoms with Crippen LogP contribution in [0.2, 0.25) is 0 Å². The third-order valence-electron chi connectivity index (χ3n) is 5.67. The molecule has 0 saturated heterocycles. The van der Waals surface area contributed by atoms with E-state index in [0.717, 1.165) is 16.7 Å². The van der Waals surface area contributed by atoms with Crippen molar-refractivity contribution in [1.82, 2.24) is 29.3 Å². The van der Waals surface area contributed by atoms with Crippen LogP contribution in [0.3, 0.4) is 0 Å². The van der Waals surface area contributed by atoms with Gasteiger partial charge in [0, 0.05) is 30.4 Å². The fourth-order valence-electron chi connectivity index (χ4n) is 4.08. The number of nitrogens with two attached hydrogens (primary N) is 1. The van der Waals surface area contributed by atoms with Crippen LogP contribution in [0.25, 0.3) is 22.6 Å². The first-order valence-corrected chi connectivity index (χ1v) is 10.3. The van der Waals surface area contributed by atoms with E-state index in [1.54, 1.807) is 11.6 Å². The molecule has 0 fully saturated rings. The Morgan fingerprint density at radius 2 is 2.09 bits per heavy atom. The first-order chi connectivity index (χ1) is 15.9. The van der Waals surface area contributed by atoms with E-state index < -0.39 is 6.10 Å². The molecule has 0 amide bonds. The fraction of sp³-hybridized carbons (Fsp3) is 0.217. The molecule has 10 nitrogen and oxygen atoms in total. The van der Waals surface area contributed by atoms with E-state index >= 15 is 0 Å². The number of nitrogens with zero attached hydrogens (tertiary/aromatic N) is 7. The number of hydrogen-bond acceptors (Lipinski definition) is 8. The monoisotopic (exact) mass is 440 g/mol. The summed E-state index contributed by atoms with van der Waals surface area (Å²) in [5, 5.41) is 14.3. The largest absolute Gasteiger partial charge is 0.467 e. The minimum Gasteiger partial charge on any atom is -0.467 e. The SMILES string of the molecule is Cc1ccc2c(c1)[C@@H](C)Oc1nc(cnc1N)-c1c(nn(C)c1C#N)Cn1c-2nccc1=O. The van der Waals surface area contributed by atoms with Crippen LogP contribution >= 0.6 is 0 Å². The normalized spacial score (nSPS) is 14.5. The molecule has 1 aliphatic heterocycles. The van der Waals surface area contributed by atoms with Gasteiger partial charge in [0.15, 0.2) is 5.82 Å². The predicted octanol–water partition coefficient (Wildman–Crippen LogP) is 2.36. The van der Waals surface area contributed by atoms with Crippen LogP contribution in [0.15, 0.2) is 41.5 Å². The number of aromatic nitrogens is 6. The number of ether oxygens (including phenoxy) is 1. The number of hydrogen-bond donors (Lipinski definition) is 1. The molecule has 10 heteroatoms. The smallest absolute Gasteiger partial charge is 0.258 e. The van der Waals surface area contributed by atoms with Crippen LogP contribution in [-0.2, 0) is 13.6 Å². The van der Waals surface area contributed by atoms with Crippen molar-refractivity contribution < 1.29 is 4.74 Å². The van der Waals surface area contributed by atoms with Crippen molar-refractivity contribution in [3.63, 3.8) is 0 Å². The standard InChI is InChI=1S/C23H20N8O2/c1-12-4-5-14-15(8-12)13(2)33-23-21(25)27-10-16(28-23)20-17(29-30(3)18(20)9-24)11-31-19(32)6-7-26-22(14)31/h4-8,10,13H,11H2,1-3H3,(H2,25,27)/t13-/m1/s1. The zero-order valence-corrected chi connectivity index (χ0v) is 18.3. The summed E-state index contributed by atoms with van der Waals surface area (Å²) in [5.74, 6) is 0.770. The molecule has 1 aromatic carbocycles. The molecular weight excluding hydrogens is 420 g/mol. The lowest BCUT2D eigenvalue weighted by molar-refractivity contribution is 0.219. The molecule has 1 atom stereocenters. The van der Waals surface area contributed by atoms with E-state index in [2.05, 4.69) is 26.1 Å². The van der Waals surface area contributed by atoms with E-state index in [9.17, 15) is 10.1 Å². The van der Waals surface area contributed by atoms with E-state index in [1.165, 1.54) is 23.1 Å². The molecule has 4 aromatic rings. The Morgan fingerprint density at radius 1 is 1.27 bits per heavy atom. The summed E-state index contributed by atoms with van der Waals surface area (Å²) < 4.78 is 9.16. The number of anilines is 1. The Hall–Kier alpha value is -4.52. The highest BCUT2D eigenvalue weighted by molar-refractivity contribution is 5.70. The van der Waals surface area contributed by atoms with Gasteiger partial charge in [-0.3, -0.25) is 14.0 Å². The van der Waals surface area contributed by atoms with Crippen LogP contribution in [0.4, 0.5) is 5.82 Å². The number of fused-ring (bicyclic) bond motifs is 7. The van der Waals surface area contributed by atoms with E-state index in [4.69, 9.17) is 10.5 Å². The highest BCUT2D eigenvalue weighted by Gasteiger charge is 2.26. The number of nitrogen functional groups attached to an aromatic ring is 1. The molecule has 164 valence electrons. The Kier molecular flexibility index (Phi) is 4.67. The molecule has 4 heterocycles. The molecule has 0 radical (unpaired) electrons. The summed E-state index contributed by atoms with van der Waals surface area (Å²) in [6, 6.07) is 9.43. The summed E-state index contributed by atoms with van der Waals surface area (Å²) in [6.45, 7) is 3.95. The zero-order chi connectivity index (χ0) is 23.3. The second-order valence-electron chi connectivity index (χ2n) is 7.89. The van der Waals surface area contributed by atoms with Crippen molar-refractivity contribution >= 4 is 5.82 Å². The van der Waals surface area contributed by atoms with Gasteiger partial charge in [0.25, 0.3) is 11.4 Å². The van der Waals surface area contributed by atoms with Crippen molar-refractivity contribution in [3.05, 3.63) is 69.5 Å². The number of aryl methyl sites for hydroxylation is 2. The topological polar surface area (TPSA) is 138 Å². The van der Waals surface area contributed by atoms with Crippen LogP contribution in [0.1, 0.15) is 35.5 Å². The van der Waals surface area contributed by atoms with Gasteiger partial charge in [-0.1, -0.05) is 23.8 Å². The van der Waals surface area contributed by atoms with Gasteiger partial charge in [-0.25, -0.2) is 15.0 Å². The Balaban J connectivity index is 1.88. The van der Waals surface area contributed by atoms with Gasteiger partial charge in [0.2, 0.25) is 0 Å². The highest BCUT2D eigenvalue weighted by atomic mass is 16.5. The summed E-state index contributed by atoms with van der Waals surface area (Å²) in [6.07, 6.45) is 2.49. The van der Waals surface area contributed by atoms with E-state index in [0.29, 0.717) is 22.8 Å². The van der Waals surface area contributed by atoms with Crippen molar-refractivity contribution in [3.8, 4) is 34.6 Å². The lowest BCUT2D eigenvalue weighted by Gasteiger charge is -2.21. The highest BCUT2D eigenvalue weighted by Crippen LogP contribution is 2.35. The quantitative estimate of drug-likeness (QED) is 0.440. The number of benzene rings is 1. The van der Waals surface area contributed by atoms with Crippen molar-refractivity contribution in [1.29, 1.82) is 5.26 Å². The fourth-order valence-corrected chi connectivity index (χ4v) is 4.08. The van der Waals surface area contributed by atoms with Gasteiger partial charge in [-0.15, -0.1) is 0 Å². The molecule has 0 saturated carbocycles. The van der Waals surface area contributed by atoms with Gasteiger partial charge in [0.05, 0.1) is 29.7 Å². The zero-order valence-electron chi connectivity index (χ0n) is 18.3. The Labute approximate surface area is 188 Å². The second kappa shape index (κ2) is 7.56. The molecule has 0 aliphatic carbocycles. The molecule has 2 N–H and O–H groups in total. The Morgan fingerprint density at radius 3 is 2.88 bits per heavy atom. The third kappa shape index (κ3) is 3.30. The maximum atomic E-state index is 13.0. The minimum atomic E-state index is -0.472. The minimum absolute atomic E-state index is 0.0941. The van der Waals surface area contributed by atoms with Gasteiger partial charge < -0.3 is 10.5 Å². The average Bonchev–Trinajstić information content (AvgIpc) is 3.10. The second-order valence-corrected chi connectivity index (χ2v) is 7.89. The summed E-state index contributed by atoms with van der Waals surface area (Å²) in [5.41, 5.74) is 10.1. The summed E-state index contributed by atoms with van der Waals surface area (Å²) in [7, 11) is 1.67. The number of rotatable bonds is 0. The average molecular weight is 440 g/mol. The maximum absolute atomic E-state index is 13.0. The van der Waals surface area contributed by atoms with Crippen LogP contribution in [0.5, 0.6) is 5.88 Å². The van der Waals surface area contributed by atoms with Crippen molar-refractivity contribution in [2.24, 2.45) is 7.05 Å². The molecule has 2 bridgehead atoms. The van der Waals surface area contributed by atoms with E-state index in [-0.39, 0.29) is 29.5 Å². The first kappa shape index (κ1) is 20.4. The van der Waals surface area contributed by atoms with E-state index in [1.807, 2.05) is 32.0 Å². The predicted molar refractivity (Wildman–Crippen MR) is 120 cm³/mol. The van der Waals surface area contributed by atoms with Gasteiger partial charge in [-0.2, -0.15) is 10.4 Å². The van der Waals surface area contributed by atoms with Crippen LogP contribution in [-0.4, -0.2) is 29.3 Å². The lowest BCUT2D eigenvalue weighted by atomic mass is 9.99. The molecule has 33 heavy (non-hydrogen) atoms. The molecule has 0 unspecified atom stereocenters. The number of nitriles is 1. The molecule has 3 aromatic heterocycles. The third-order valence-corrected chi connectivity index (χ3v) is 5.67. The van der Waals surface area contributed by atoms with Crippen LogP contribution in [0, 0.1) is 18.3 Å². The molecule has 1 aliphatic rings. The van der Waals surface area contributed by atoms with Crippen molar-refractivity contribution in [2.75, 3.05) is 5.73 Å². The summed E-state index contributed by atoms with van der Waals surface area (Å²) in [4.78, 5) is 26.3. The van der Waals surface area contributed by atoms with Gasteiger partial charge >= 0.3 is 0 Å². The molecule has 5 rings (SSSR count). The molecular formula is C23H20N8O2. The van der Waals surface area contributed by atoms with Gasteiger partial charge in [0.1, 0.15) is 23.7 Å². The Bertz CT molecular complexity index is 1510. The molecule has 0 spiro atoms. The van der Waals surface area contributed by atoms with Crippen molar-refractivity contribution in [2.45, 2.75) is 26.5 Å². The first-order valence-electron chi connectivity index (χ1n) is 10.3. The lowest BCUT2D eigenvalue weighted by Crippen LogP contribution is -2.24. The maximum Gasteiger partial charge on any atom is 0.258 e. The summed E-state index contributed by atoms with van der Waals surface area (Å²) >= 11 is 0. The van der Waals surface area contributed by atoms with Crippen LogP contribution < -0.4 is 16.0 Å². The van der Waals surface area contributed by atoms with Gasteiger partial charge in [-0.05, 0) is 13.8 Å².